The molecule has 2 aromatic carbocycles. The fraction of sp³-hybridized carbons (Fsp3) is 0.238. The molecule has 0 unspecified atom stereocenters. The number of amides is 1. The molecule has 5 nitrogen and oxygen atoms in total. The van der Waals surface area contributed by atoms with Crippen molar-refractivity contribution >= 4 is 11.6 Å². The summed E-state index contributed by atoms with van der Waals surface area (Å²) in [7, 11) is 1.41. The fourth-order valence-electron chi connectivity index (χ4n) is 3.07. The third-order valence-electron chi connectivity index (χ3n) is 4.53. The van der Waals surface area contributed by atoms with Gasteiger partial charge < -0.3 is 10.1 Å². The van der Waals surface area contributed by atoms with Crippen molar-refractivity contribution in [1.29, 1.82) is 0 Å². The van der Waals surface area contributed by atoms with Gasteiger partial charge in [0.25, 0.3) is 5.91 Å². The lowest BCUT2D eigenvalue weighted by molar-refractivity contribution is 0.102. The van der Waals surface area contributed by atoms with Gasteiger partial charge in [0.2, 0.25) is 0 Å². The summed E-state index contributed by atoms with van der Waals surface area (Å²) in [6.07, 6.45) is 0. The van der Waals surface area contributed by atoms with Crippen LogP contribution in [0.25, 0.3) is 0 Å². The second-order valence-corrected chi connectivity index (χ2v) is 6.44. The van der Waals surface area contributed by atoms with Gasteiger partial charge in [-0.25, -0.2) is 4.39 Å². The molecule has 0 bridgehead atoms. The smallest absolute Gasteiger partial charge is 0.259 e. The first kappa shape index (κ1) is 18.6. The third kappa shape index (κ3) is 3.84. The number of rotatable bonds is 5. The van der Waals surface area contributed by atoms with E-state index >= 15 is 0 Å². The number of hydrogen-bond donors (Lipinski definition) is 1. The number of aryl methyl sites for hydroxylation is 2. The molecule has 1 amide bonds. The molecule has 0 saturated carbocycles. The zero-order valence-electron chi connectivity index (χ0n) is 15.8. The van der Waals surface area contributed by atoms with Gasteiger partial charge >= 0.3 is 0 Å². The molecule has 3 aromatic rings. The molecule has 0 aliphatic heterocycles. The van der Waals surface area contributed by atoms with E-state index in [9.17, 15) is 9.18 Å². The molecule has 0 aliphatic carbocycles. The van der Waals surface area contributed by atoms with Gasteiger partial charge in [0.1, 0.15) is 0 Å². The Morgan fingerprint density at radius 3 is 2.56 bits per heavy atom. The Labute approximate surface area is 157 Å². The van der Waals surface area contributed by atoms with Crippen molar-refractivity contribution in [3.8, 4) is 5.75 Å². The highest BCUT2D eigenvalue weighted by atomic mass is 19.1. The van der Waals surface area contributed by atoms with Crippen LogP contribution in [0.5, 0.6) is 5.75 Å². The fourth-order valence-corrected chi connectivity index (χ4v) is 3.07. The van der Waals surface area contributed by atoms with E-state index in [0.29, 0.717) is 29.1 Å². The van der Waals surface area contributed by atoms with E-state index in [0.717, 1.165) is 11.3 Å². The average molecular weight is 367 g/mol. The summed E-state index contributed by atoms with van der Waals surface area (Å²) in [4.78, 5) is 12.8. The molecule has 0 fully saturated rings. The second kappa shape index (κ2) is 7.61. The van der Waals surface area contributed by atoms with Crippen molar-refractivity contribution in [2.45, 2.75) is 27.3 Å². The zero-order valence-corrected chi connectivity index (χ0v) is 15.8. The summed E-state index contributed by atoms with van der Waals surface area (Å²) in [6, 6.07) is 12.7. The van der Waals surface area contributed by atoms with E-state index in [1.54, 1.807) is 24.6 Å². The number of anilines is 1. The maximum atomic E-state index is 14.0. The minimum absolute atomic E-state index is 0.147. The number of nitrogens with zero attached hydrogens (tertiary/aromatic N) is 2. The van der Waals surface area contributed by atoms with Crippen LogP contribution < -0.4 is 10.1 Å². The number of nitrogens with one attached hydrogen (secondary N) is 1. The summed E-state index contributed by atoms with van der Waals surface area (Å²) in [6.45, 7) is 6.03. The summed E-state index contributed by atoms with van der Waals surface area (Å²) < 4.78 is 20.8. The first-order valence-electron chi connectivity index (χ1n) is 8.64. The van der Waals surface area contributed by atoms with E-state index in [1.165, 1.54) is 13.2 Å². The number of carbonyl (C=O) groups is 1. The number of hydrogen-bond acceptors (Lipinski definition) is 3. The van der Waals surface area contributed by atoms with Crippen LogP contribution in [0.2, 0.25) is 0 Å². The number of aromatic nitrogens is 2. The molecule has 0 atom stereocenters. The van der Waals surface area contributed by atoms with Gasteiger partial charge in [-0.2, -0.15) is 5.10 Å². The van der Waals surface area contributed by atoms with Gasteiger partial charge in [0.05, 0.1) is 24.9 Å². The maximum absolute atomic E-state index is 14.0. The van der Waals surface area contributed by atoms with Crippen LogP contribution in [0, 0.1) is 26.6 Å². The molecule has 0 saturated heterocycles. The zero-order chi connectivity index (χ0) is 19.6. The van der Waals surface area contributed by atoms with Gasteiger partial charge in [-0.1, -0.05) is 30.3 Å². The van der Waals surface area contributed by atoms with E-state index < -0.39 is 5.82 Å². The molecule has 1 heterocycles. The first-order chi connectivity index (χ1) is 12.9. The molecule has 0 spiro atoms. The lowest BCUT2D eigenvalue weighted by atomic mass is 10.1. The Kier molecular flexibility index (Phi) is 5.26. The second-order valence-electron chi connectivity index (χ2n) is 6.44. The number of halogens is 1. The molecule has 1 N–H and O–H groups in total. The highest BCUT2D eigenvalue weighted by Gasteiger charge is 2.20. The Morgan fingerprint density at radius 1 is 1.19 bits per heavy atom. The Bertz CT molecular complexity index is 981. The minimum Gasteiger partial charge on any atom is -0.494 e. The van der Waals surface area contributed by atoms with Gasteiger partial charge in [-0.05, 0) is 38.0 Å². The molecular formula is C21H22FN3O2. The van der Waals surface area contributed by atoms with E-state index in [4.69, 9.17) is 4.74 Å². The first-order valence-corrected chi connectivity index (χ1v) is 8.64. The molecular weight excluding hydrogens is 345 g/mol. The lowest BCUT2D eigenvalue weighted by Crippen LogP contribution is -2.15. The van der Waals surface area contributed by atoms with Crippen molar-refractivity contribution in [2.75, 3.05) is 12.4 Å². The number of ether oxygens (including phenoxy) is 1. The van der Waals surface area contributed by atoms with Crippen LogP contribution in [0.4, 0.5) is 10.1 Å². The maximum Gasteiger partial charge on any atom is 0.259 e. The molecule has 140 valence electrons. The van der Waals surface area contributed by atoms with Gasteiger partial charge in [-0.3, -0.25) is 9.48 Å². The van der Waals surface area contributed by atoms with E-state index in [-0.39, 0.29) is 11.7 Å². The Balaban J connectivity index is 1.86. The predicted octanol–water partition coefficient (Wildman–Crippen LogP) is 4.26. The van der Waals surface area contributed by atoms with Crippen LogP contribution in [-0.2, 0) is 6.54 Å². The standard InChI is InChI=1S/C21H22FN3O2/c1-13-10-19(27-4)17(22)11-18(13)23-21(26)20-14(2)24-25(15(20)3)12-16-8-6-5-7-9-16/h5-11H,12H2,1-4H3,(H,23,26). The molecule has 0 radical (unpaired) electrons. The minimum atomic E-state index is -0.522. The van der Waals surface area contributed by atoms with Crippen molar-refractivity contribution in [3.05, 3.63) is 76.4 Å². The predicted molar refractivity (Wildman–Crippen MR) is 103 cm³/mol. The summed E-state index contributed by atoms with van der Waals surface area (Å²) in [5, 5.41) is 7.29. The van der Waals surface area contributed by atoms with Gasteiger partial charge in [0, 0.05) is 17.4 Å². The van der Waals surface area contributed by atoms with Crippen LogP contribution in [-0.4, -0.2) is 22.8 Å². The van der Waals surface area contributed by atoms with Crippen LogP contribution in [0.1, 0.15) is 32.9 Å². The number of carbonyl (C=O) groups excluding carboxylic acids is 1. The average Bonchev–Trinajstić information content (AvgIpc) is 2.92. The topological polar surface area (TPSA) is 56.1 Å². The van der Waals surface area contributed by atoms with Crippen molar-refractivity contribution < 1.29 is 13.9 Å². The van der Waals surface area contributed by atoms with Gasteiger partial charge in [0.15, 0.2) is 11.6 Å². The van der Waals surface area contributed by atoms with Crippen LogP contribution in [0.15, 0.2) is 42.5 Å². The molecule has 27 heavy (non-hydrogen) atoms. The van der Waals surface area contributed by atoms with Crippen molar-refractivity contribution in [3.63, 3.8) is 0 Å². The molecule has 0 aliphatic rings. The molecule has 3 rings (SSSR count). The summed E-state index contributed by atoms with van der Waals surface area (Å²) >= 11 is 0. The Morgan fingerprint density at radius 2 is 1.89 bits per heavy atom. The number of methoxy groups -OCH3 is 1. The van der Waals surface area contributed by atoms with Crippen molar-refractivity contribution in [1.82, 2.24) is 9.78 Å². The third-order valence-corrected chi connectivity index (χ3v) is 4.53. The van der Waals surface area contributed by atoms with Gasteiger partial charge in [-0.15, -0.1) is 0 Å². The highest BCUT2D eigenvalue weighted by molar-refractivity contribution is 6.06. The molecule has 6 heteroatoms. The normalized spacial score (nSPS) is 10.7. The van der Waals surface area contributed by atoms with E-state index in [1.807, 2.05) is 37.3 Å². The quantitative estimate of drug-likeness (QED) is 0.733. The summed E-state index contributed by atoms with van der Waals surface area (Å²) in [5.74, 6) is -0.683. The number of benzene rings is 2. The molecule has 1 aromatic heterocycles. The van der Waals surface area contributed by atoms with Crippen molar-refractivity contribution in [2.24, 2.45) is 0 Å². The van der Waals surface area contributed by atoms with E-state index in [2.05, 4.69) is 10.4 Å². The lowest BCUT2D eigenvalue weighted by Gasteiger charge is -2.11. The largest absolute Gasteiger partial charge is 0.494 e. The monoisotopic (exact) mass is 367 g/mol. The Hall–Kier alpha value is -3.15. The van der Waals surface area contributed by atoms with Crippen LogP contribution >= 0.6 is 0 Å². The SMILES string of the molecule is COc1cc(C)c(NC(=O)c2c(C)nn(Cc3ccccc3)c2C)cc1F. The van der Waals surface area contributed by atoms with Crippen LogP contribution in [0.3, 0.4) is 0 Å². The summed E-state index contributed by atoms with van der Waals surface area (Å²) in [5.41, 5.74) is 4.12. The highest BCUT2D eigenvalue weighted by Crippen LogP contribution is 2.26.